The zero-order valence-corrected chi connectivity index (χ0v) is 10.3. The molecule has 0 atom stereocenters. The molecule has 90 valence electrons. The van der Waals surface area contributed by atoms with E-state index in [1.54, 1.807) is 0 Å². The van der Waals surface area contributed by atoms with Crippen LogP contribution in [0.1, 0.15) is 24.8 Å². The molecule has 0 spiro atoms. The molecule has 0 radical (unpaired) electrons. The summed E-state index contributed by atoms with van der Waals surface area (Å²) in [6.45, 7) is 0.720. The largest absolute Gasteiger partial charge is 0.305 e. The Balaban J connectivity index is 2.09. The molecule has 2 heteroatoms. The maximum atomic E-state index is 8.12. The first kappa shape index (κ1) is 11.1. The van der Waals surface area contributed by atoms with Gasteiger partial charge in [-0.15, -0.1) is 0 Å². The summed E-state index contributed by atoms with van der Waals surface area (Å²) in [5, 5.41) is 8.12. The molecule has 0 saturated heterocycles. The average molecular weight is 236 g/mol. The third-order valence-corrected chi connectivity index (χ3v) is 3.41. The van der Waals surface area contributed by atoms with Crippen LogP contribution in [-0.4, -0.2) is 18.0 Å². The second kappa shape index (κ2) is 4.73. The lowest BCUT2D eigenvalue weighted by atomic mass is 9.88. The molecular formula is C16H16N2. The van der Waals surface area contributed by atoms with Gasteiger partial charge in [0, 0.05) is 35.4 Å². The van der Waals surface area contributed by atoms with Crippen LogP contribution in [0.3, 0.4) is 0 Å². The van der Waals surface area contributed by atoms with Gasteiger partial charge in [-0.25, -0.2) is 0 Å². The topological polar surface area (TPSA) is 36.2 Å². The van der Waals surface area contributed by atoms with Crippen LogP contribution in [0, 0.1) is 5.41 Å². The lowest BCUT2D eigenvalue weighted by molar-refractivity contribution is 1.01. The lowest BCUT2D eigenvalue weighted by Gasteiger charge is -2.16. The maximum absolute atomic E-state index is 8.12. The molecule has 3 rings (SSSR count). The van der Waals surface area contributed by atoms with Crippen molar-refractivity contribution >= 4 is 11.4 Å². The third kappa shape index (κ3) is 1.94. The van der Waals surface area contributed by atoms with Crippen molar-refractivity contribution in [3.63, 3.8) is 0 Å². The van der Waals surface area contributed by atoms with E-state index in [0.717, 1.165) is 53.9 Å². The van der Waals surface area contributed by atoms with Crippen molar-refractivity contribution in [2.45, 2.75) is 19.3 Å². The van der Waals surface area contributed by atoms with Crippen LogP contribution < -0.4 is 0 Å². The summed E-state index contributed by atoms with van der Waals surface area (Å²) in [6.07, 6.45) is 7.28. The Morgan fingerprint density at radius 2 is 1.67 bits per heavy atom. The van der Waals surface area contributed by atoms with E-state index in [9.17, 15) is 0 Å². The number of hydrogen-bond donors (Lipinski definition) is 1. The first-order valence-corrected chi connectivity index (χ1v) is 6.45. The van der Waals surface area contributed by atoms with Crippen molar-refractivity contribution in [1.82, 2.24) is 0 Å². The molecular weight excluding hydrogens is 220 g/mol. The Labute approximate surface area is 107 Å². The SMILES string of the molecule is N=C1CCN=C(c2ccccc2)C2=CCCC=C12. The first-order valence-electron chi connectivity index (χ1n) is 6.45. The van der Waals surface area contributed by atoms with Crippen LogP contribution in [0.15, 0.2) is 58.6 Å². The quantitative estimate of drug-likeness (QED) is 0.774. The molecule has 1 aromatic carbocycles. The first-order chi connectivity index (χ1) is 8.86. The summed E-state index contributed by atoms with van der Waals surface area (Å²) in [7, 11) is 0. The van der Waals surface area contributed by atoms with E-state index in [1.807, 2.05) is 18.2 Å². The summed E-state index contributed by atoms with van der Waals surface area (Å²) >= 11 is 0. The Kier molecular flexibility index (Phi) is 2.93. The van der Waals surface area contributed by atoms with E-state index in [2.05, 4.69) is 24.3 Å². The van der Waals surface area contributed by atoms with Gasteiger partial charge in [0.25, 0.3) is 0 Å². The lowest BCUT2D eigenvalue weighted by Crippen LogP contribution is -2.12. The van der Waals surface area contributed by atoms with Crippen LogP contribution >= 0.6 is 0 Å². The molecule has 0 aromatic heterocycles. The van der Waals surface area contributed by atoms with Gasteiger partial charge < -0.3 is 5.41 Å². The number of rotatable bonds is 1. The number of nitrogens with one attached hydrogen (secondary N) is 1. The molecule has 1 aliphatic heterocycles. The molecule has 18 heavy (non-hydrogen) atoms. The second-order valence-electron chi connectivity index (χ2n) is 4.64. The number of fused-ring (bicyclic) bond motifs is 1. The summed E-state index contributed by atoms with van der Waals surface area (Å²) in [5.41, 5.74) is 5.21. The van der Waals surface area contributed by atoms with Crippen LogP contribution in [-0.2, 0) is 0 Å². The highest BCUT2D eigenvalue weighted by Crippen LogP contribution is 2.27. The fourth-order valence-electron chi connectivity index (χ4n) is 2.53. The van der Waals surface area contributed by atoms with E-state index in [-0.39, 0.29) is 0 Å². The monoisotopic (exact) mass is 236 g/mol. The van der Waals surface area contributed by atoms with Crippen molar-refractivity contribution < 1.29 is 0 Å². The van der Waals surface area contributed by atoms with Gasteiger partial charge in [0.1, 0.15) is 0 Å². The van der Waals surface area contributed by atoms with Gasteiger partial charge in [0.05, 0.1) is 5.71 Å². The van der Waals surface area contributed by atoms with Gasteiger partial charge in [-0.05, 0) is 12.8 Å². The molecule has 0 fully saturated rings. The van der Waals surface area contributed by atoms with Gasteiger partial charge in [0.15, 0.2) is 0 Å². The van der Waals surface area contributed by atoms with E-state index in [1.165, 1.54) is 0 Å². The summed E-state index contributed by atoms with van der Waals surface area (Å²) in [5.74, 6) is 0. The molecule has 1 heterocycles. The van der Waals surface area contributed by atoms with Crippen molar-refractivity contribution in [2.24, 2.45) is 4.99 Å². The van der Waals surface area contributed by atoms with Crippen LogP contribution in [0.2, 0.25) is 0 Å². The average Bonchev–Trinajstić information content (AvgIpc) is 2.60. The molecule has 0 bridgehead atoms. The minimum Gasteiger partial charge on any atom is -0.305 e. The summed E-state index contributed by atoms with van der Waals surface area (Å²) in [4.78, 5) is 4.69. The van der Waals surface area contributed by atoms with E-state index < -0.39 is 0 Å². The van der Waals surface area contributed by atoms with E-state index in [0.29, 0.717) is 0 Å². The fraction of sp³-hybridized carbons (Fsp3) is 0.250. The van der Waals surface area contributed by atoms with Crippen molar-refractivity contribution in [3.05, 3.63) is 59.2 Å². The maximum Gasteiger partial charge on any atom is 0.0722 e. The number of aliphatic imine (C=N–C) groups is 1. The normalized spacial score (nSPS) is 19.3. The Bertz CT molecular complexity index is 562. The highest BCUT2D eigenvalue weighted by Gasteiger charge is 2.21. The van der Waals surface area contributed by atoms with E-state index >= 15 is 0 Å². The van der Waals surface area contributed by atoms with Gasteiger partial charge in [-0.2, -0.15) is 0 Å². The number of nitrogens with zero attached hydrogens (tertiary/aromatic N) is 1. The molecule has 1 N–H and O–H groups in total. The molecule has 2 nitrogen and oxygen atoms in total. The Hall–Kier alpha value is -1.96. The summed E-state index contributed by atoms with van der Waals surface area (Å²) in [6, 6.07) is 10.3. The zero-order chi connectivity index (χ0) is 12.4. The molecule has 1 aromatic rings. The molecule has 0 amide bonds. The molecule has 2 aliphatic rings. The van der Waals surface area contributed by atoms with Crippen molar-refractivity contribution in [1.29, 1.82) is 5.41 Å². The fourth-order valence-corrected chi connectivity index (χ4v) is 2.53. The second-order valence-corrected chi connectivity index (χ2v) is 4.64. The predicted octanol–water partition coefficient (Wildman–Crippen LogP) is 3.55. The Morgan fingerprint density at radius 3 is 2.44 bits per heavy atom. The van der Waals surface area contributed by atoms with Gasteiger partial charge in [-0.3, -0.25) is 4.99 Å². The number of allylic oxidation sites excluding steroid dienone is 4. The highest BCUT2D eigenvalue weighted by atomic mass is 14.8. The van der Waals surface area contributed by atoms with Gasteiger partial charge in [-0.1, -0.05) is 42.5 Å². The Morgan fingerprint density at radius 1 is 0.944 bits per heavy atom. The van der Waals surface area contributed by atoms with Crippen molar-refractivity contribution in [3.8, 4) is 0 Å². The molecule has 0 unspecified atom stereocenters. The number of hydrogen-bond acceptors (Lipinski definition) is 2. The van der Waals surface area contributed by atoms with Crippen LogP contribution in [0.25, 0.3) is 0 Å². The molecule has 1 aliphatic carbocycles. The highest BCUT2D eigenvalue weighted by molar-refractivity contribution is 6.22. The van der Waals surface area contributed by atoms with Crippen LogP contribution in [0.5, 0.6) is 0 Å². The number of benzene rings is 1. The molecule has 0 saturated carbocycles. The minimum atomic E-state index is 0.720. The predicted molar refractivity (Wildman–Crippen MR) is 75.6 cm³/mol. The van der Waals surface area contributed by atoms with Gasteiger partial charge >= 0.3 is 0 Å². The minimum absolute atomic E-state index is 0.720. The van der Waals surface area contributed by atoms with Crippen molar-refractivity contribution in [2.75, 3.05) is 6.54 Å². The smallest absolute Gasteiger partial charge is 0.0722 e. The third-order valence-electron chi connectivity index (χ3n) is 3.41. The zero-order valence-electron chi connectivity index (χ0n) is 10.3. The van der Waals surface area contributed by atoms with Gasteiger partial charge in [0.2, 0.25) is 0 Å². The standard InChI is InChI=1S/C16H16N2/c17-15-10-11-18-16(12-6-2-1-3-7-12)14-9-5-4-8-13(14)15/h1-3,6-9,17H,4-5,10-11H2. The van der Waals surface area contributed by atoms with Crippen LogP contribution in [0.4, 0.5) is 0 Å². The summed E-state index contributed by atoms with van der Waals surface area (Å²) < 4.78 is 0. The van der Waals surface area contributed by atoms with E-state index in [4.69, 9.17) is 10.4 Å².